The maximum absolute atomic E-state index is 13.0. The minimum absolute atomic E-state index is 0.162. The molecule has 0 aliphatic heterocycles. The zero-order valence-electron chi connectivity index (χ0n) is 10.1. The fraction of sp³-hybridized carbons (Fsp3) is 0.0833. The molecule has 21 heavy (non-hydrogen) atoms. The van der Waals surface area contributed by atoms with Crippen molar-refractivity contribution >= 4 is 64.6 Å². The molecule has 1 aromatic carbocycles. The topological polar surface area (TPSA) is 28.7 Å². The number of nitriles is 1. The van der Waals surface area contributed by atoms with Crippen LogP contribution in [0.4, 0.5) is 4.39 Å². The summed E-state index contributed by atoms with van der Waals surface area (Å²) in [6.45, 7) is 0. The van der Waals surface area contributed by atoms with Crippen LogP contribution >= 0.6 is 64.6 Å². The molecular weight excluding hydrogens is 400 g/mol. The van der Waals surface area contributed by atoms with Gasteiger partial charge in [-0.05, 0) is 42.0 Å². The van der Waals surface area contributed by atoms with E-state index in [2.05, 4.69) is 0 Å². The summed E-state index contributed by atoms with van der Waals surface area (Å²) in [5, 5.41) is 10.1. The Labute approximate surface area is 146 Å². The fourth-order valence-electron chi connectivity index (χ4n) is 1.73. The molecule has 0 fully saturated rings. The first-order valence-electron chi connectivity index (χ1n) is 5.33. The van der Waals surface area contributed by atoms with Gasteiger partial charge in [-0.15, -0.1) is 0 Å². The van der Waals surface area contributed by atoms with Crippen LogP contribution in [0.2, 0.25) is 15.1 Å². The molecule has 0 unspecified atom stereocenters. The van der Waals surface area contributed by atoms with Crippen molar-refractivity contribution in [2.24, 2.45) is 0 Å². The number of benzene rings is 1. The van der Waals surface area contributed by atoms with Gasteiger partial charge in [0.25, 0.3) is 0 Å². The number of alkyl halides is 1. The summed E-state index contributed by atoms with van der Waals surface area (Å²) in [6, 6.07) is 3.98. The highest BCUT2D eigenvalue weighted by atomic mass is 36.0. The quantitative estimate of drug-likeness (QED) is 0.557. The zero-order chi connectivity index (χ0) is 15.8. The molecule has 0 aliphatic carbocycles. The molecule has 112 valence electrons. The molecule has 9 heteroatoms. The maximum Gasteiger partial charge on any atom is 0.148 e. The van der Waals surface area contributed by atoms with E-state index in [-0.39, 0.29) is 20.5 Å². The van der Waals surface area contributed by atoms with Crippen molar-refractivity contribution in [3.63, 3.8) is 0 Å². The standard InChI is InChI=1S/C12H6Cl5FN2S/c13-8-1-9(14)12(10(15)2-8)20-4-7(3-19)11(5-20)21(16,17)6-18/h1-2,4-5H,6H2. The van der Waals surface area contributed by atoms with Gasteiger partial charge in [0.15, 0.2) is 0 Å². The molecule has 1 heterocycles. The van der Waals surface area contributed by atoms with Gasteiger partial charge in [0, 0.05) is 17.4 Å². The van der Waals surface area contributed by atoms with Crippen LogP contribution < -0.4 is 0 Å². The molecule has 2 rings (SSSR count). The Kier molecular flexibility index (Phi) is 5.25. The second kappa shape index (κ2) is 6.45. The Morgan fingerprint density at radius 2 is 1.71 bits per heavy atom. The molecule has 0 amide bonds. The van der Waals surface area contributed by atoms with E-state index in [1.165, 1.54) is 29.1 Å². The highest BCUT2D eigenvalue weighted by Gasteiger charge is 2.27. The van der Waals surface area contributed by atoms with Gasteiger partial charge in [-0.1, -0.05) is 34.8 Å². The molecule has 0 aliphatic rings. The Morgan fingerprint density at radius 3 is 2.19 bits per heavy atom. The van der Waals surface area contributed by atoms with Crippen molar-refractivity contribution in [2.75, 3.05) is 6.01 Å². The number of hydrogen-bond donors (Lipinski definition) is 0. The zero-order valence-corrected chi connectivity index (χ0v) is 14.7. The van der Waals surface area contributed by atoms with Crippen LogP contribution in [0, 0.1) is 11.3 Å². The van der Waals surface area contributed by atoms with Gasteiger partial charge in [-0.3, -0.25) is 0 Å². The van der Waals surface area contributed by atoms with Crippen molar-refractivity contribution in [1.29, 1.82) is 5.26 Å². The molecule has 2 nitrogen and oxygen atoms in total. The van der Waals surface area contributed by atoms with Gasteiger partial charge < -0.3 is 4.57 Å². The molecule has 0 bridgehead atoms. The minimum atomic E-state index is -2.74. The third-order valence-electron chi connectivity index (χ3n) is 2.61. The van der Waals surface area contributed by atoms with Crippen LogP contribution in [0.25, 0.3) is 5.69 Å². The number of halogens is 6. The monoisotopic (exact) mass is 404 g/mol. The van der Waals surface area contributed by atoms with Crippen molar-refractivity contribution in [1.82, 2.24) is 4.57 Å². The number of hydrogen-bond acceptors (Lipinski definition) is 1. The van der Waals surface area contributed by atoms with E-state index in [4.69, 9.17) is 61.4 Å². The summed E-state index contributed by atoms with van der Waals surface area (Å²) in [6.07, 6.45) is 2.90. The molecule has 2 aromatic rings. The van der Waals surface area contributed by atoms with E-state index in [0.717, 1.165) is 0 Å². The molecule has 0 atom stereocenters. The molecule has 0 radical (unpaired) electrons. The van der Waals surface area contributed by atoms with Gasteiger partial charge in [0.2, 0.25) is 0 Å². The third kappa shape index (κ3) is 3.39. The molecule has 0 N–H and O–H groups in total. The Hall–Kier alpha value is -0.280. The fourth-order valence-corrected chi connectivity index (χ4v) is 4.28. The second-order valence-electron chi connectivity index (χ2n) is 3.96. The van der Waals surface area contributed by atoms with E-state index in [1.54, 1.807) is 0 Å². The molecule has 0 saturated heterocycles. The highest BCUT2D eigenvalue weighted by molar-refractivity contribution is 8.65. The van der Waals surface area contributed by atoms with Gasteiger partial charge in [0.1, 0.15) is 12.1 Å². The van der Waals surface area contributed by atoms with E-state index < -0.39 is 14.5 Å². The van der Waals surface area contributed by atoms with E-state index in [9.17, 15) is 4.39 Å². The first-order valence-corrected chi connectivity index (χ1v) is 9.92. The number of nitrogens with zero attached hydrogens (tertiary/aromatic N) is 2. The van der Waals surface area contributed by atoms with Crippen molar-refractivity contribution in [3.8, 4) is 11.8 Å². The van der Waals surface area contributed by atoms with Crippen LogP contribution in [0.1, 0.15) is 5.56 Å². The predicted octanol–water partition coefficient (Wildman–Crippen LogP) is 6.71. The van der Waals surface area contributed by atoms with Gasteiger partial charge >= 0.3 is 0 Å². The van der Waals surface area contributed by atoms with Crippen LogP contribution in [-0.4, -0.2) is 10.6 Å². The molecule has 0 saturated carbocycles. The minimum Gasteiger partial charge on any atom is -0.319 e. The van der Waals surface area contributed by atoms with Crippen LogP contribution in [0.15, 0.2) is 29.4 Å². The average Bonchev–Trinajstić information content (AvgIpc) is 2.82. The number of rotatable bonds is 3. The van der Waals surface area contributed by atoms with Crippen LogP contribution in [0.5, 0.6) is 0 Å². The first-order chi connectivity index (χ1) is 9.80. The van der Waals surface area contributed by atoms with Gasteiger partial charge in [0.05, 0.1) is 26.2 Å². The lowest BCUT2D eigenvalue weighted by atomic mass is 10.3. The molecule has 0 spiro atoms. The van der Waals surface area contributed by atoms with Gasteiger partial charge in [-0.2, -0.15) is 5.26 Å². The lowest BCUT2D eigenvalue weighted by Gasteiger charge is -2.19. The Balaban J connectivity index is 2.66. The molecule has 1 aromatic heterocycles. The normalized spacial score (nSPS) is 12.2. The first kappa shape index (κ1) is 17.1. The van der Waals surface area contributed by atoms with Crippen molar-refractivity contribution < 1.29 is 4.39 Å². The average molecular weight is 407 g/mol. The van der Waals surface area contributed by atoms with E-state index >= 15 is 0 Å². The summed E-state index contributed by atoms with van der Waals surface area (Å²) >= 11 is 18.1. The predicted molar refractivity (Wildman–Crippen MR) is 89.1 cm³/mol. The van der Waals surface area contributed by atoms with Crippen molar-refractivity contribution in [2.45, 2.75) is 4.90 Å². The maximum atomic E-state index is 13.0. The number of aromatic nitrogens is 1. The summed E-state index contributed by atoms with van der Waals surface area (Å²) in [4.78, 5) is 0.220. The lowest BCUT2D eigenvalue weighted by Crippen LogP contribution is -1.93. The summed E-state index contributed by atoms with van der Waals surface area (Å²) in [5.74, 6) is 0. The summed E-state index contributed by atoms with van der Waals surface area (Å²) < 4.78 is 14.5. The largest absolute Gasteiger partial charge is 0.319 e. The summed E-state index contributed by atoms with van der Waals surface area (Å²) in [7, 11) is 9.18. The van der Waals surface area contributed by atoms with Crippen LogP contribution in [-0.2, 0) is 0 Å². The summed E-state index contributed by atoms with van der Waals surface area (Å²) in [5.41, 5.74) is 0.572. The smallest absolute Gasteiger partial charge is 0.148 e. The van der Waals surface area contributed by atoms with E-state index in [1.807, 2.05) is 6.07 Å². The Morgan fingerprint density at radius 1 is 1.14 bits per heavy atom. The Bertz CT molecular complexity index is 715. The third-order valence-corrected chi connectivity index (χ3v) is 6.14. The van der Waals surface area contributed by atoms with Gasteiger partial charge in [-0.25, -0.2) is 4.39 Å². The lowest BCUT2D eigenvalue weighted by molar-refractivity contribution is 0.603. The molecular formula is C12H6Cl5FN2S. The highest BCUT2D eigenvalue weighted by Crippen LogP contribution is 2.66. The second-order valence-corrected chi connectivity index (χ2v) is 10.7. The van der Waals surface area contributed by atoms with Crippen LogP contribution in [0.3, 0.4) is 0 Å². The van der Waals surface area contributed by atoms with Crippen molar-refractivity contribution in [3.05, 3.63) is 45.2 Å². The SMILES string of the molecule is N#Cc1cn(-c2c(Cl)cc(Cl)cc2Cl)cc1S(Cl)(Cl)CF. The van der Waals surface area contributed by atoms with E-state index in [0.29, 0.717) is 10.7 Å².